The smallest absolute Gasteiger partial charge is 0.220 e. The Bertz CT molecular complexity index is 338. The number of hydrogen-bond donors (Lipinski definition) is 2. The van der Waals surface area contributed by atoms with Gasteiger partial charge in [-0.1, -0.05) is 13.3 Å². The molecule has 2 aliphatic rings. The topological polar surface area (TPSA) is 44.4 Å². The molecular formula is C18H37Cl2N3O. The highest BCUT2D eigenvalue weighted by atomic mass is 35.5. The number of piperidine rings is 2. The Hall–Kier alpha value is -0.0300. The first-order valence-electron chi connectivity index (χ1n) is 9.38. The number of carbonyl (C=O) groups excluding carboxylic acids is 1. The molecule has 2 saturated heterocycles. The van der Waals surface area contributed by atoms with E-state index in [0.29, 0.717) is 18.3 Å². The fourth-order valence-corrected chi connectivity index (χ4v) is 3.90. The first-order valence-corrected chi connectivity index (χ1v) is 9.38. The maximum absolute atomic E-state index is 12.1. The van der Waals surface area contributed by atoms with Crippen LogP contribution in [0.3, 0.4) is 0 Å². The van der Waals surface area contributed by atoms with Gasteiger partial charge in [0.25, 0.3) is 0 Å². The highest BCUT2D eigenvalue weighted by molar-refractivity contribution is 5.85. The number of likely N-dealkylation sites (tertiary alicyclic amines) is 1. The molecule has 2 fully saturated rings. The summed E-state index contributed by atoms with van der Waals surface area (Å²) in [5.74, 6) is 1.41. The predicted molar refractivity (Wildman–Crippen MR) is 106 cm³/mol. The standard InChI is InChI=1S/C18H35N3O.2ClH/c1-15(17-8-5-9-19-14-17)13-18(22)20-10-6-12-21-11-4-3-7-16(21)2;;/h15-17,19H,3-14H2,1-2H3,(H,20,22);2*1H. The van der Waals surface area contributed by atoms with E-state index in [1.165, 1.54) is 38.6 Å². The molecule has 1 amide bonds. The molecule has 24 heavy (non-hydrogen) atoms. The van der Waals surface area contributed by atoms with Gasteiger partial charge in [0.2, 0.25) is 5.91 Å². The number of hydrogen-bond acceptors (Lipinski definition) is 3. The van der Waals surface area contributed by atoms with Gasteiger partial charge in [0.05, 0.1) is 0 Å². The van der Waals surface area contributed by atoms with Crippen molar-refractivity contribution in [2.45, 2.75) is 64.8 Å². The SMILES string of the molecule is CC(CC(=O)NCCCN1CCCCC1C)C1CCCNC1.Cl.Cl. The van der Waals surface area contributed by atoms with E-state index in [4.69, 9.17) is 0 Å². The first-order chi connectivity index (χ1) is 10.7. The Morgan fingerprint density at radius 1 is 1.25 bits per heavy atom. The average molecular weight is 382 g/mol. The van der Waals surface area contributed by atoms with Crippen LogP contribution >= 0.6 is 24.8 Å². The zero-order valence-electron chi connectivity index (χ0n) is 15.4. The number of halogens is 2. The van der Waals surface area contributed by atoms with Crippen LogP contribution in [0, 0.1) is 11.8 Å². The van der Waals surface area contributed by atoms with Crippen molar-refractivity contribution in [1.29, 1.82) is 0 Å². The maximum atomic E-state index is 12.1. The minimum atomic E-state index is 0. The van der Waals surface area contributed by atoms with Crippen LogP contribution in [0.1, 0.15) is 58.8 Å². The van der Waals surface area contributed by atoms with Gasteiger partial charge in [0, 0.05) is 25.6 Å². The summed E-state index contributed by atoms with van der Waals surface area (Å²) in [6, 6.07) is 0.725. The highest BCUT2D eigenvalue weighted by Gasteiger charge is 2.22. The Morgan fingerprint density at radius 2 is 2.04 bits per heavy atom. The van der Waals surface area contributed by atoms with E-state index in [1.807, 2.05) is 0 Å². The molecule has 2 aliphatic heterocycles. The molecule has 2 heterocycles. The average Bonchev–Trinajstić information content (AvgIpc) is 2.54. The molecule has 0 spiro atoms. The third-order valence-electron chi connectivity index (χ3n) is 5.53. The quantitative estimate of drug-likeness (QED) is 0.665. The molecule has 0 bridgehead atoms. The van der Waals surface area contributed by atoms with Crippen LogP contribution in [-0.4, -0.2) is 49.6 Å². The molecule has 3 unspecified atom stereocenters. The number of carbonyl (C=O) groups is 1. The van der Waals surface area contributed by atoms with Crippen LogP contribution in [0.4, 0.5) is 0 Å². The molecule has 0 saturated carbocycles. The molecule has 0 aliphatic carbocycles. The van der Waals surface area contributed by atoms with E-state index in [1.54, 1.807) is 0 Å². The van der Waals surface area contributed by atoms with Crippen molar-refractivity contribution in [3.05, 3.63) is 0 Å². The second-order valence-corrected chi connectivity index (χ2v) is 7.37. The molecule has 6 heteroatoms. The molecule has 0 aromatic carbocycles. The second kappa shape index (κ2) is 13.2. The van der Waals surface area contributed by atoms with Gasteiger partial charge in [-0.05, 0) is 70.5 Å². The normalized spacial score (nSPS) is 25.9. The van der Waals surface area contributed by atoms with E-state index < -0.39 is 0 Å². The number of nitrogens with one attached hydrogen (secondary N) is 2. The fraction of sp³-hybridized carbons (Fsp3) is 0.944. The van der Waals surface area contributed by atoms with E-state index in [9.17, 15) is 4.79 Å². The van der Waals surface area contributed by atoms with Crippen molar-refractivity contribution in [3.8, 4) is 0 Å². The maximum Gasteiger partial charge on any atom is 0.220 e. The fourth-order valence-electron chi connectivity index (χ4n) is 3.90. The minimum Gasteiger partial charge on any atom is -0.356 e. The van der Waals surface area contributed by atoms with Gasteiger partial charge in [0.15, 0.2) is 0 Å². The van der Waals surface area contributed by atoms with Crippen molar-refractivity contribution >= 4 is 30.7 Å². The van der Waals surface area contributed by atoms with Crippen molar-refractivity contribution in [2.24, 2.45) is 11.8 Å². The molecule has 144 valence electrons. The van der Waals surface area contributed by atoms with Crippen LogP contribution in [0.25, 0.3) is 0 Å². The summed E-state index contributed by atoms with van der Waals surface area (Å²) in [7, 11) is 0. The predicted octanol–water partition coefficient (Wildman–Crippen LogP) is 3.24. The molecule has 0 aromatic rings. The van der Waals surface area contributed by atoms with Crippen molar-refractivity contribution in [2.75, 3.05) is 32.7 Å². The first kappa shape index (κ1) is 24.0. The molecular weight excluding hydrogens is 345 g/mol. The number of amides is 1. The third kappa shape index (κ3) is 8.37. The van der Waals surface area contributed by atoms with E-state index >= 15 is 0 Å². The highest BCUT2D eigenvalue weighted by Crippen LogP contribution is 2.22. The lowest BCUT2D eigenvalue weighted by atomic mass is 9.85. The Morgan fingerprint density at radius 3 is 2.71 bits per heavy atom. The van der Waals surface area contributed by atoms with Crippen molar-refractivity contribution in [3.63, 3.8) is 0 Å². The third-order valence-corrected chi connectivity index (χ3v) is 5.53. The zero-order chi connectivity index (χ0) is 15.8. The van der Waals surface area contributed by atoms with E-state index in [2.05, 4.69) is 29.4 Å². The lowest BCUT2D eigenvalue weighted by Crippen LogP contribution is -2.39. The van der Waals surface area contributed by atoms with Crippen LogP contribution in [0.5, 0.6) is 0 Å². The second-order valence-electron chi connectivity index (χ2n) is 7.37. The molecule has 3 atom stereocenters. The van der Waals surface area contributed by atoms with Gasteiger partial charge in [-0.2, -0.15) is 0 Å². The van der Waals surface area contributed by atoms with Crippen molar-refractivity contribution < 1.29 is 4.79 Å². The van der Waals surface area contributed by atoms with Gasteiger partial charge >= 0.3 is 0 Å². The largest absolute Gasteiger partial charge is 0.356 e. The van der Waals surface area contributed by atoms with Gasteiger partial charge in [-0.15, -0.1) is 24.8 Å². The van der Waals surface area contributed by atoms with Gasteiger partial charge in [-0.25, -0.2) is 0 Å². The van der Waals surface area contributed by atoms with Crippen LogP contribution in [-0.2, 0) is 4.79 Å². The Kier molecular flexibility index (Phi) is 13.2. The van der Waals surface area contributed by atoms with Crippen molar-refractivity contribution in [1.82, 2.24) is 15.5 Å². The minimum absolute atomic E-state index is 0. The molecule has 2 rings (SSSR count). The summed E-state index contributed by atoms with van der Waals surface area (Å²) in [6.07, 6.45) is 8.34. The summed E-state index contributed by atoms with van der Waals surface area (Å²) < 4.78 is 0. The summed E-state index contributed by atoms with van der Waals surface area (Å²) in [5.41, 5.74) is 0. The van der Waals surface area contributed by atoms with Crippen LogP contribution in [0.2, 0.25) is 0 Å². The van der Waals surface area contributed by atoms with Crippen LogP contribution in [0.15, 0.2) is 0 Å². The number of rotatable bonds is 7. The summed E-state index contributed by atoms with van der Waals surface area (Å²) in [4.78, 5) is 14.6. The summed E-state index contributed by atoms with van der Waals surface area (Å²) in [5, 5.41) is 6.57. The van der Waals surface area contributed by atoms with Gasteiger partial charge in [-0.3, -0.25) is 4.79 Å². The lowest BCUT2D eigenvalue weighted by Gasteiger charge is -2.33. The molecule has 0 aromatic heterocycles. The molecule has 2 N–H and O–H groups in total. The lowest BCUT2D eigenvalue weighted by molar-refractivity contribution is -0.122. The Balaban J connectivity index is 0.00000264. The number of nitrogens with zero attached hydrogens (tertiary/aromatic N) is 1. The summed E-state index contributed by atoms with van der Waals surface area (Å²) in [6.45, 7) is 9.98. The summed E-state index contributed by atoms with van der Waals surface area (Å²) >= 11 is 0. The monoisotopic (exact) mass is 381 g/mol. The van der Waals surface area contributed by atoms with Gasteiger partial charge in [0.1, 0.15) is 0 Å². The Labute approximate surface area is 160 Å². The molecule has 4 nitrogen and oxygen atoms in total. The van der Waals surface area contributed by atoms with E-state index in [-0.39, 0.29) is 30.7 Å². The molecule has 0 radical (unpaired) electrons. The van der Waals surface area contributed by atoms with Crippen LogP contribution < -0.4 is 10.6 Å². The van der Waals surface area contributed by atoms with E-state index in [0.717, 1.165) is 38.6 Å². The van der Waals surface area contributed by atoms with Gasteiger partial charge < -0.3 is 15.5 Å². The zero-order valence-corrected chi connectivity index (χ0v) is 17.0.